The monoisotopic (exact) mass is 292 g/mol. The lowest BCUT2D eigenvalue weighted by Gasteiger charge is -2.37. The number of hydrogen-bond donors (Lipinski definition) is 1. The lowest BCUT2D eigenvalue weighted by molar-refractivity contribution is -0.152. The molecule has 1 aliphatic rings. The average Bonchev–Trinajstić information content (AvgIpc) is 2.48. The van der Waals surface area contributed by atoms with E-state index in [9.17, 15) is 9.90 Å². The van der Waals surface area contributed by atoms with Crippen LogP contribution in [0.3, 0.4) is 0 Å². The minimum atomic E-state index is -0.579. The largest absolute Gasteiger partial charge is 0.481 e. The predicted octanol–water partition coefficient (Wildman–Crippen LogP) is 4.84. The first-order valence-corrected chi connectivity index (χ1v) is 8.56. The van der Waals surface area contributed by atoms with Gasteiger partial charge in [-0.15, -0.1) is 11.8 Å². The Balaban J connectivity index is 1.94. The Labute approximate surface area is 126 Å². The standard InChI is InChI=1S/C17H24O2S/c1-2-14-7-6-10-17(13-14,16(18)19)11-12-20-15-8-4-3-5-9-15/h3-5,8-9,14H,2,6-7,10-13H2,1H3,(H,18,19). The summed E-state index contributed by atoms with van der Waals surface area (Å²) in [6.45, 7) is 2.18. The summed E-state index contributed by atoms with van der Waals surface area (Å²) in [4.78, 5) is 13.0. The van der Waals surface area contributed by atoms with E-state index in [0.717, 1.165) is 37.9 Å². The Bertz CT molecular complexity index is 432. The molecule has 20 heavy (non-hydrogen) atoms. The molecule has 2 unspecified atom stereocenters. The molecule has 0 spiro atoms. The molecule has 0 aliphatic heterocycles. The predicted molar refractivity (Wildman–Crippen MR) is 84.1 cm³/mol. The maximum Gasteiger partial charge on any atom is 0.309 e. The average molecular weight is 292 g/mol. The van der Waals surface area contributed by atoms with Crippen LogP contribution in [0.2, 0.25) is 0 Å². The van der Waals surface area contributed by atoms with Crippen molar-refractivity contribution < 1.29 is 9.90 Å². The van der Waals surface area contributed by atoms with Crippen molar-refractivity contribution in [1.82, 2.24) is 0 Å². The van der Waals surface area contributed by atoms with E-state index in [1.54, 1.807) is 11.8 Å². The van der Waals surface area contributed by atoms with Gasteiger partial charge in [-0.3, -0.25) is 4.79 Å². The van der Waals surface area contributed by atoms with E-state index in [0.29, 0.717) is 5.92 Å². The summed E-state index contributed by atoms with van der Waals surface area (Å²) in [6.07, 6.45) is 5.90. The molecule has 0 bridgehead atoms. The Morgan fingerprint density at radius 1 is 1.40 bits per heavy atom. The fourth-order valence-corrected chi connectivity index (χ4v) is 4.32. The van der Waals surface area contributed by atoms with Gasteiger partial charge in [-0.25, -0.2) is 0 Å². The number of rotatable bonds is 6. The van der Waals surface area contributed by atoms with Crippen LogP contribution in [0.5, 0.6) is 0 Å². The molecule has 0 saturated heterocycles. The van der Waals surface area contributed by atoms with Gasteiger partial charge >= 0.3 is 5.97 Å². The van der Waals surface area contributed by atoms with Gasteiger partial charge in [0.05, 0.1) is 5.41 Å². The van der Waals surface area contributed by atoms with Crippen LogP contribution in [0.4, 0.5) is 0 Å². The van der Waals surface area contributed by atoms with Crippen molar-refractivity contribution in [1.29, 1.82) is 0 Å². The Morgan fingerprint density at radius 3 is 2.80 bits per heavy atom. The molecule has 1 aromatic carbocycles. The molecule has 1 aliphatic carbocycles. The molecule has 0 radical (unpaired) electrons. The second-order valence-corrected chi connectivity index (χ2v) is 7.04. The van der Waals surface area contributed by atoms with Gasteiger partial charge in [-0.05, 0) is 43.1 Å². The molecule has 2 nitrogen and oxygen atoms in total. The van der Waals surface area contributed by atoms with Crippen LogP contribution in [0, 0.1) is 11.3 Å². The molecule has 110 valence electrons. The molecule has 1 saturated carbocycles. The molecule has 0 aromatic heterocycles. The Kier molecular flexibility index (Phi) is 5.53. The van der Waals surface area contributed by atoms with E-state index in [-0.39, 0.29) is 0 Å². The van der Waals surface area contributed by atoms with Crippen molar-refractivity contribution in [2.24, 2.45) is 11.3 Å². The first-order valence-electron chi connectivity index (χ1n) is 7.57. The number of aliphatic carboxylic acids is 1. The summed E-state index contributed by atoms with van der Waals surface area (Å²) in [5, 5.41) is 9.69. The summed E-state index contributed by atoms with van der Waals surface area (Å²) < 4.78 is 0. The third-order valence-corrected chi connectivity index (χ3v) is 5.58. The first kappa shape index (κ1) is 15.4. The first-order chi connectivity index (χ1) is 9.66. The van der Waals surface area contributed by atoms with Gasteiger partial charge in [0.2, 0.25) is 0 Å². The quantitative estimate of drug-likeness (QED) is 0.762. The fourth-order valence-electron chi connectivity index (χ4n) is 3.24. The van der Waals surface area contributed by atoms with Crippen LogP contribution in [0.1, 0.15) is 45.4 Å². The van der Waals surface area contributed by atoms with Crippen molar-refractivity contribution in [3.63, 3.8) is 0 Å². The molecule has 2 rings (SSSR count). The van der Waals surface area contributed by atoms with Crippen LogP contribution in [-0.2, 0) is 4.79 Å². The summed E-state index contributed by atoms with van der Waals surface area (Å²) >= 11 is 1.78. The van der Waals surface area contributed by atoms with Gasteiger partial charge in [0.25, 0.3) is 0 Å². The highest BCUT2D eigenvalue weighted by Gasteiger charge is 2.41. The maximum absolute atomic E-state index is 11.8. The third kappa shape index (κ3) is 3.78. The second-order valence-electron chi connectivity index (χ2n) is 5.87. The van der Waals surface area contributed by atoms with Gasteiger partial charge in [0.1, 0.15) is 0 Å². The van der Waals surface area contributed by atoms with E-state index in [1.165, 1.54) is 11.3 Å². The molecule has 3 heteroatoms. The number of thioether (sulfide) groups is 1. The van der Waals surface area contributed by atoms with Crippen LogP contribution in [-0.4, -0.2) is 16.8 Å². The fraction of sp³-hybridized carbons (Fsp3) is 0.588. The maximum atomic E-state index is 11.8. The number of carboxylic acid groups (broad SMARTS) is 1. The van der Waals surface area contributed by atoms with Crippen molar-refractivity contribution in [3.8, 4) is 0 Å². The van der Waals surface area contributed by atoms with E-state index in [1.807, 2.05) is 18.2 Å². The van der Waals surface area contributed by atoms with Crippen LogP contribution < -0.4 is 0 Å². The van der Waals surface area contributed by atoms with E-state index in [4.69, 9.17) is 0 Å². The minimum absolute atomic E-state index is 0.472. The second kappa shape index (κ2) is 7.16. The number of hydrogen-bond acceptors (Lipinski definition) is 2. The molecule has 2 atom stereocenters. The topological polar surface area (TPSA) is 37.3 Å². The van der Waals surface area contributed by atoms with Crippen LogP contribution >= 0.6 is 11.8 Å². The number of carboxylic acids is 1. The number of benzene rings is 1. The van der Waals surface area contributed by atoms with Gasteiger partial charge < -0.3 is 5.11 Å². The van der Waals surface area contributed by atoms with Gasteiger partial charge in [0, 0.05) is 4.90 Å². The van der Waals surface area contributed by atoms with Crippen molar-refractivity contribution in [2.75, 3.05) is 5.75 Å². The third-order valence-electron chi connectivity index (χ3n) is 4.57. The van der Waals surface area contributed by atoms with Gasteiger partial charge in [-0.2, -0.15) is 0 Å². The van der Waals surface area contributed by atoms with Crippen molar-refractivity contribution >= 4 is 17.7 Å². The normalized spacial score (nSPS) is 26.4. The highest BCUT2D eigenvalue weighted by Crippen LogP contribution is 2.44. The minimum Gasteiger partial charge on any atom is -0.481 e. The Morgan fingerprint density at radius 2 is 2.15 bits per heavy atom. The van der Waals surface area contributed by atoms with E-state index >= 15 is 0 Å². The van der Waals surface area contributed by atoms with Gasteiger partial charge in [0.15, 0.2) is 0 Å². The lowest BCUT2D eigenvalue weighted by Crippen LogP contribution is -2.37. The van der Waals surface area contributed by atoms with E-state index < -0.39 is 11.4 Å². The molecule has 1 aromatic rings. The smallest absolute Gasteiger partial charge is 0.309 e. The highest BCUT2D eigenvalue weighted by atomic mass is 32.2. The summed E-state index contributed by atoms with van der Waals surface area (Å²) in [6, 6.07) is 10.3. The highest BCUT2D eigenvalue weighted by molar-refractivity contribution is 7.99. The van der Waals surface area contributed by atoms with Crippen molar-refractivity contribution in [2.45, 2.75) is 50.3 Å². The van der Waals surface area contributed by atoms with E-state index in [2.05, 4.69) is 19.1 Å². The Hall–Kier alpha value is -0.960. The molecular weight excluding hydrogens is 268 g/mol. The molecule has 1 N–H and O–H groups in total. The van der Waals surface area contributed by atoms with Crippen LogP contribution in [0.25, 0.3) is 0 Å². The zero-order chi connectivity index (χ0) is 14.4. The molecular formula is C17H24O2S. The number of carbonyl (C=O) groups is 1. The zero-order valence-electron chi connectivity index (χ0n) is 12.2. The summed E-state index contributed by atoms with van der Waals surface area (Å²) in [7, 11) is 0. The summed E-state index contributed by atoms with van der Waals surface area (Å²) in [5.74, 6) is 0.915. The van der Waals surface area contributed by atoms with Crippen molar-refractivity contribution in [3.05, 3.63) is 30.3 Å². The summed E-state index contributed by atoms with van der Waals surface area (Å²) in [5.41, 5.74) is -0.472. The zero-order valence-corrected chi connectivity index (χ0v) is 13.0. The molecule has 0 heterocycles. The lowest BCUT2D eigenvalue weighted by atomic mass is 9.67. The van der Waals surface area contributed by atoms with Crippen LogP contribution in [0.15, 0.2) is 35.2 Å². The SMILES string of the molecule is CCC1CCCC(CCSc2ccccc2)(C(=O)O)C1. The molecule has 1 fully saturated rings. The van der Waals surface area contributed by atoms with Gasteiger partial charge in [-0.1, -0.05) is 44.4 Å². The molecule has 0 amide bonds.